The molecule has 0 spiro atoms. The molecule has 8 nitrogen and oxygen atoms in total. The number of nitrogens with zero attached hydrogens (tertiary/aromatic N) is 3. The molecule has 28 heavy (non-hydrogen) atoms. The summed E-state index contributed by atoms with van der Waals surface area (Å²) in [5.74, 6) is -1.00. The zero-order chi connectivity index (χ0) is 20.1. The molecule has 3 aromatic rings. The third kappa shape index (κ3) is 4.89. The van der Waals surface area contributed by atoms with Crippen LogP contribution in [0.3, 0.4) is 0 Å². The van der Waals surface area contributed by atoms with E-state index in [9.17, 15) is 14.4 Å². The van der Waals surface area contributed by atoms with Gasteiger partial charge in [0.05, 0.1) is 0 Å². The van der Waals surface area contributed by atoms with Crippen LogP contribution in [0.25, 0.3) is 11.0 Å². The van der Waals surface area contributed by atoms with Crippen molar-refractivity contribution < 1.29 is 14.3 Å². The van der Waals surface area contributed by atoms with Crippen LogP contribution in [0.15, 0.2) is 47.3 Å². The number of benzene rings is 1. The van der Waals surface area contributed by atoms with E-state index in [0.717, 1.165) is 16.9 Å². The summed E-state index contributed by atoms with van der Waals surface area (Å²) in [6, 6.07) is 9.89. The molecule has 0 unspecified atom stereocenters. The summed E-state index contributed by atoms with van der Waals surface area (Å²) >= 11 is 1.16. The van der Waals surface area contributed by atoms with Gasteiger partial charge in [-0.2, -0.15) is 9.61 Å². The second-order valence-corrected chi connectivity index (χ2v) is 7.05. The average Bonchev–Trinajstić information content (AvgIpc) is 3.08. The number of nitrogens with one attached hydrogen (secondary N) is 1. The number of amides is 1. The van der Waals surface area contributed by atoms with Crippen LogP contribution >= 0.6 is 11.3 Å². The molecule has 9 heteroatoms. The van der Waals surface area contributed by atoms with E-state index in [-0.39, 0.29) is 12.2 Å². The van der Waals surface area contributed by atoms with Crippen LogP contribution in [-0.2, 0) is 20.9 Å². The Morgan fingerprint density at radius 1 is 1.32 bits per heavy atom. The standard InChI is InChI=1S/C19H18N4O4S/c1-12-10-17(25)23-19(20-12)28-16(22-23)11-27-18(26)13(2)21-15(24)9-8-14-6-4-3-5-7-14/h3-10,13H,11H2,1-2H3,(H,21,24)/b9-8+/t13-/m0/s1. The van der Waals surface area contributed by atoms with E-state index in [1.165, 1.54) is 23.6 Å². The highest BCUT2D eigenvalue weighted by atomic mass is 32.1. The van der Waals surface area contributed by atoms with Crippen molar-refractivity contribution in [3.63, 3.8) is 0 Å². The topological polar surface area (TPSA) is 103 Å². The Balaban J connectivity index is 1.54. The van der Waals surface area contributed by atoms with Crippen LogP contribution in [0.5, 0.6) is 0 Å². The molecule has 1 atom stereocenters. The molecule has 1 amide bonds. The van der Waals surface area contributed by atoms with Gasteiger partial charge in [0.25, 0.3) is 5.56 Å². The van der Waals surface area contributed by atoms with E-state index in [1.807, 2.05) is 30.3 Å². The minimum absolute atomic E-state index is 0.106. The number of fused-ring (bicyclic) bond motifs is 1. The first-order chi connectivity index (χ1) is 13.4. The molecule has 0 aliphatic rings. The molecule has 0 aliphatic heterocycles. The number of carbonyl (C=O) groups excluding carboxylic acids is 2. The fourth-order valence-electron chi connectivity index (χ4n) is 2.33. The summed E-state index contributed by atoms with van der Waals surface area (Å²) in [7, 11) is 0. The molecule has 2 heterocycles. The summed E-state index contributed by atoms with van der Waals surface area (Å²) in [6.07, 6.45) is 3.01. The Labute approximate surface area is 164 Å². The van der Waals surface area contributed by atoms with Crippen LogP contribution in [0.1, 0.15) is 23.2 Å². The van der Waals surface area contributed by atoms with Gasteiger partial charge in [-0.15, -0.1) is 0 Å². The van der Waals surface area contributed by atoms with Crippen LogP contribution in [-0.4, -0.2) is 32.5 Å². The summed E-state index contributed by atoms with van der Waals surface area (Å²) in [5, 5.41) is 7.07. The highest BCUT2D eigenvalue weighted by Crippen LogP contribution is 2.12. The van der Waals surface area contributed by atoms with Crippen molar-refractivity contribution in [2.24, 2.45) is 0 Å². The van der Waals surface area contributed by atoms with Gasteiger partial charge in [-0.1, -0.05) is 41.7 Å². The smallest absolute Gasteiger partial charge is 0.328 e. The Hall–Kier alpha value is -3.33. The van der Waals surface area contributed by atoms with Gasteiger partial charge in [-0.25, -0.2) is 9.78 Å². The zero-order valence-electron chi connectivity index (χ0n) is 15.3. The first-order valence-electron chi connectivity index (χ1n) is 8.49. The highest BCUT2D eigenvalue weighted by Gasteiger charge is 2.17. The number of carbonyl (C=O) groups is 2. The average molecular weight is 398 g/mol. The van der Waals surface area contributed by atoms with E-state index in [4.69, 9.17) is 4.74 Å². The summed E-state index contributed by atoms with van der Waals surface area (Å²) < 4.78 is 6.35. The Bertz CT molecular complexity index is 1090. The molecule has 0 bridgehead atoms. The van der Waals surface area contributed by atoms with E-state index < -0.39 is 17.9 Å². The van der Waals surface area contributed by atoms with E-state index in [0.29, 0.717) is 15.7 Å². The Morgan fingerprint density at radius 2 is 2.07 bits per heavy atom. The van der Waals surface area contributed by atoms with Crippen molar-refractivity contribution in [1.29, 1.82) is 0 Å². The molecule has 0 fully saturated rings. The zero-order valence-corrected chi connectivity index (χ0v) is 16.1. The van der Waals surface area contributed by atoms with Crippen LogP contribution in [0, 0.1) is 6.92 Å². The van der Waals surface area contributed by atoms with Gasteiger partial charge in [0.1, 0.15) is 12.6 Å². The minimum Gasteiger partial charge on any atom is -0.457 e. The van der Waals surface area contributed by atoms with Gasteiger partial charge in [-0.3, -0.25) is 9.59 Å². The highest BCUT2D eigenvalue weighted by molar-refractivity contribution is 7.16. The largest absolute Gasteiger partial charge is 0.457 e. The van der Waals surface area contributed by atoms with Gasteiger partial charge >= 0.3 is 5.97 Å². The Kier molecular flexibility index (Phi) is 5.95. The van der Waals surface area contributed by atoms with Crippen LogP contribution in [0.4, 0.5) is 0 Å². The fourth-order valence-corrected chi connectivity index (χ4v) is 3.19. The molecule has 2 aromatic heterocycles. The predicted octanol–water partition coefficient (Wildman–Crippen LogP) is 1.72. The molecule has 0 aliphatic carbocycles. The molecule has 3 rings (SSSR count). The molecule has 0 radical (unpaired) electrons. The van der Waals surface area contributed by atoms with E-state index in [2.05, 4.69) is 15.4 Å². The SMILES string of the molecule is Cc1cc(=O)n2nc(COC(=O)[C@H](C)NC(=O)/C=C/c3ccccc3)sc2n1. The number of hydrogen-bond acceptors (Lipinski definition) is 7. The number of esters is 1. The van der Waals surface area contributed by atoms with Crippen molar-refractivity contribution in [3.05, 3.63) is 69.1 Å². The number of aromatic nitrogens is 3. The summed E-state index contributed by atoms with van der Waals surface area (Å²) in [6.45, 7) is 3.15. The monoisotopic (exact) mass is 398 g/mol. The predicted molar refractivity (Wildman–Crippen MR) is 105 cm³/mol. The third-order valence-electron chi connectivity index (χ3n) is 3.69. The molecule has 0 saturated heterocycles. The van der Waals surface area contributed by atoms with Crippen molar-refractivity contribution in [1.82, 2.24) is 19.9 Å². The fraction of sp³-hybridized carbons (Fsp3) is 0.211. The van der Waals surface area contributed by atoms with Gasteiger partial charge in [0.2, 0.25) is 10.9 Å². The van der Waals surface area contributed by atoms with Crippen LogP contribution in [0.2, 0.25) is 0 Å². The molecular formula is C19H18N4O4S. The Morgan fingerprint density at radius 3 is 2.82 bits per heavy atom. The van der Waals surface area contributed by atoms with Crippen molar-refractivity contribution in [2.45, 2.75) is 26.5 Å². The maximum atomic E-state index is 12.1. The lowest BCUT2D eigenvalue weighted by atomic mass is 10.2. The van der Waals surface area contributed by atoms with E-state index >= 15 is 0 Å². The normalized spacial score (nSPS) is 12.2. The van der Waals surface area contributed by atoms with E-state index in [1.54, 1.807) is 13.0 Å². The first kappa shape index (κ1) is 19.4. The molecule has 0 saturated carbocycles. The van der Waals surface area contributed by atoms with Gasteiger partial charge < -0.3 is 10.1 Å². The second-order valence-electron chi connectivity index (χ2n) is 6.01. The minimum atomic E-state index is -0.828. The maximum Gasteiger partial charge on any atom is 0.328 e. The van der Waals surface area contributed by atoms with Gasteiger partial charge in [0.15, 0.2) is 5.01 Å². The second kappa shape index (κ2) is 8.57. The lowest BCUT2D eigenvalue weighted by molar-refractivity contribution is -0.148. The van der Waals surface area contributed by atoms with Crippen molar-refractivity contribution >= 4 is 34.3 Å². The number of ether oxygens (including phenoxy) is 1. The number of aryl methyl sites for hydroxylation is 1. The third-order valence-corrected chi connectivity index (χ3v) is 4.57. The van der Waals surface area contributed by atoms with Gasteiger partial charge in [-0.05, 0) is 25.5 Å². The quantitative estimate of drug-likeness (QED) is 0.501. The summed E-state index contributed by atoms with van der Waals surface area (Å²) in [4.78, 5) is 40.5. The van der Waals surface area contributed by atoms with Gasteiger partial charge in [0, 0.05) is 17.8 Å². The molecule has 1 aromatic carbocycles. The summed E-state index contributed by atoms with van der Waals surface area (Å²) in [5.41, 5.74) is 1.18. The van der Waals surface area contributed by atoms with Crippen molar-refractivity contribution in [2.75, 3.05) is 0 Å². The lowest BCUT2D eigenvalue weighted by Crippen LogP contribution is -2.38. The maximum absolute atomic E-state index is 12.1. The molecular weight excluding hydrogens is 380 g/mol. The number of rotatable bonds is 6. The molecule has 1 N–H and O–H groups in total. The van der Waals surface area contributed by atoms with Crippen LogP contribution < -0.4 is 10.9 Å². The van der Waals surface area contributed by atoms with Crippen molar-refractivity contribution in [3.8, 4) is 0 Å². The number of hydrogen-bond donors (Lipinski definition) is 1. The molecule has 144 valence electrons. The first-order valence-corrected chi connectivity index (χ1v) is 9.30. The lowest BCUT2D eigenvalue weighted by Gasteiger charge is -2.11.